The van der Waals surface area contributed by atoms with Gasteiger partial charge in [-0.1, -0.05) is 63.5 Å². The van der Waals surface area contributed by atoms with E-state index < -0.39 is 0 Å². The lowest BCUT2D eigenvalue weighted by Gasteiger charge is -2.29. The van der Waals surface area contributed by atoms with Gasteiger partial charge in [0.25, 0.3) is 0 Å². The Hall–Kier alpha value is -1.61. The van der Waals surface area contributed by atoms with Crippen molar-refractivity contribution in [2.45, 2.75) is 77.0 Å². The standard InChI is InChI=1S/C26H41NO2/c1-5-6-7-9-22-11-15-24(16-12-22)25-17-13-23(14-18-25)10-8-19-29-26(28)21(2)20-27(3)4/h13-14,17-18,22,24H,2,5-12,15-16,19-20H2,1,3-4H3. The molecule has 0 atom stereocenters. The normalized spacial score (nSPS) is 19.3. The van der Waals surface area contributed by atoms with Crippen LogP contribution in [0, 0.1) is 5.92 Å². The SMILES string of the molecule is C=C(CN(C)C)C(=O)OCCCc1ccc(C2CCC(CCCCC)CC2)cc1. The second-order valence-corrected chi connectivity index (χ2v) is 9.04. The molecule has 0 bridgehead atoms. The smallest absolute Gasteiger partial charge is 0.334 e. The highest BCUT2D eigenvalue weighted by Gasteiger charge is 2.21. The maximum absolute atomic E-state index is 11.9. The number of aryl methyl sites for hydroxylation is 1. The largest absolute Gasteiger partial charge is 0.462 e. The summed E-state index contributed by atoms with van der Waals surface area (Å²) in [5.74, 6) is 1.43. The molecule has 0 aliphatic heterocycles. The fourth-order valence-electron chi connectivity index (χ4n) is 4.41. The third-order valence-corrected chi connectivity index (χ3v) is 6.15. The van der Waals surface area contributed by atoms with Crippen molar-refractivity contribution in [3.63, 3.8) is 0 Å². The average Bonchev–Trinajstić information content (AvgIpc) is 2.72. The topological polar surface area (TPSA) is 29.5 Å². The molecule has 1 fully saturated rings. The van der Waals surface area contributed by atoms with Crippen LogP contribution in [-0.2, 0) is 16.0 Å². The first-order chi connectivity index (χ1) is 14.0. The van der Waals surface area contributed by atoms with E-state index in [0.717, 1.165) is 24.7 Å². The zero-order valence-electron chi connectivity index (χ0n) is 18.9. The second kappa shape index (κ2) is 12.8. The lowest BCUT2D eigenvalue weighted by molar-refractivity contribution is -0.139. The number of rotatable bonds is 12. The summed E-state index contributed by atoms with van der Waals surface area (Å²) in [6.07, 6.45) is 12.9. The predicted molar refractivity (Wildman–Crippen MR) is 122 cm³/mol. The van der Waals surface area contributed by atoms with Gasteiger partial charge in [0, 0.05) is 12.1 Å². The minimum Gasteiger partial charge on any atom is -0.462 e. The van der Waals surface area contributed by atoms with Crippen molar-refractivity contribution < 1.29 is 9.53 Å². The van der Waals surface area contributed by atoms with Gasteiger partial charge in [0.15, 0.2) is 0 Å². The van der Waals surface area contributed by atoms with Crippen molar-refractivity contribution in [1.29, 1.82) is 0 Å². The summed E-state index contributed by atoms with van der Waals surface area (Å²) in [7, 11) is 3.84. The second-order valence-electron chi connectivity index (χ2n) is 9.04. The first-order valence-electron chi connectivity index (χ1n) is 11.6. The highest BCUT2D eigenvalue weighted by atomic mass is 16.5. The number of hydrogen-bond donors (Lipinski definition) is 0. The summed E-state index contributed by atoms with van der Waals surface area (Å²) >= 11 is 0. The number of carbonyl (C=O) groups is 1. The third kappa shape index (κ3) is 8.74. The molecule has 3 nitrogen and oxygen atoms in total. The summed E-state index contributed by atoms with van der Waals surface area (Å²) in [4.78, 5) is 13.8. The monoisotopic (exact) mass is 399 g/mol. The van der Waals surface area contributed by atoms with Crippen LogP contribution >= 0.6 is 0 Å². The molecule has 1 aliphatic rings. The Morgan fingerprint density at radius 1 is 1.07 bits per heavy atom. The molecule has 3 heteroatoms. The molecule has 0 aromatic heterocycles. The number of carbonyl (C=O) groups excluding carboxylic acids is 1. The zero-order chi connectivity index (χ0) is 21.1. The summed E-state index contributed by atoms with van der Waals surface area (Å²) in [6, 6.07) is 9.16. The Kier molecular flexibility index (Phi) is 10.5. The van der Waals surface area contributed by atoms with Gasteiger partial charge in [-0.15, -0.1) is 0 Å². The van der Waals surface area contributed by atoms with Crippen LogP contribution in [0.2, 0.25) is 0 Å². The van der Waals surface area contributed by atoms with Crippen LogP contribution < -0.4 is 0 Å². The fraction of sp³-hybridized carbons (Fsp3) is 0.654. The third-order valence-electron chi connectivity index (χ3n) is 6.15. The molecule has 0 N–H and O–H groups in total. The lowest BCUT2D eigenvalue weighted by Crippen LogP contribution is -2.21. The summed E-state index contributed by atoms with van der Waals surface area (Å²) in [5.41, 5.74) is 3.34. The van der Waals surface area contributed by atoms with E-state index >= 15 is 0 Å². The van der Waals surface area contributed by atoms with E-state index in [1.54, 1.807) is 0 Å². The Morgan fingerprint density at radius 2 is 1.76 bits per heavy atom. The minimum absolute atomic E-state index is 0.278. The predicted octanol–water partition coefficient (Wildman–Crippen LogP) is 6.13. The van der Waals surface area contributed by atoms with E-state index in [-0.39, 0.29) is 5.97 Å². The molecule has 29 heavy (non-hydrogen) atoms. The molecule has 0 radical (unpaired) electrons. The van der Waals surface area contributed by atoms with Gasteiger partial charge < -0.3 is 9.64 Å². The van der Waals surface area contributed by atoms with Gasteiger partial charge in [0.05, 0.1) is 6.61 Å². The number of nitrogens with zero attached hydrogens (tertiary/aromatic N) is 1. The van der Waals surface area contributed by atoms with Crippen LogP contribution in [0.1, 0.15) is 81.8 Å². The van der Waals surface area contributed by atoms with Crippen molar-refractivity contribution in [2.24, 2.45) is 5.92 Å². The van der Waals surface area contributed by atoms with E-state index in [2.05, 4.69) is 37.8 Å². The van der Waals surface area contributed by atoms with Gasteiger partial charge in [-0.25, -0.2) is 4.79 Å². The fourth-order valence-corrected chi connectivity index (χ4v) is 4.41. The molecule has 1 aromatic carbocycles. The van der Waals surface area contributed by atoms with Crippen LogP contribution in [0.4, 0.5) is 0 Å². The molecule has 0 saturated heterocycles. The van der Waals surface area contributed by atoms with Gasteiger partial charge >= 0.3 is 5.97 Å². The quantitative estimate of drug-likeness (QED) is 0.240. The highest BCUT2D eigenvalue weighted by Crippen LogP contribution is 2.37. The number of ether oxygens (including phenoxy) is 1. The van der Waals surface area contributed by atoms with Gasteiger partial charge in [-0.05, 0) is 75.6 Å². The molecule has 162 valence electrons. The van der Waals surface area contributed by atoms with E-state index in [9.17, 15) is 4.79 Å². The van der Waals surface area contributed by atoms with E-state index in [1.165, 1.54) is 62.5 Å². The van der Waals surface area contributed by atoms with Gasteiger partial charge in [-0.2, -0.15) is 0 Å². The Morgan fingerprint density at radius 3 is 2.38 bits per heavy atom. The zero-order valence-corrected chi connectivity index (χ0v) is 18.9. The number of likely N-dealkylation sites (N-methyl/N-ethyl adjacent to an activating group) is 1. The number of hydrogen-bond acceptors (Lipinski definition) is 3. The molecule has 0 heterocycles. The van der Waals surface area contributed by atoms with Crippen LogP contribution in [0.3, 0.4) is 0 Å². The Labute approximate surface area is 178 Å². The van der Waals surface area contributed by atoms with Crippen LogP contribution in [0.5, 0.6) is 0 Å². The molecule has 1 saturated carbocycles. The maximum Gasteiger partial charge on any atom is 0.334 e. The highest BCUT2D eigenvalue weighted by molar-refractivity contribution is 5.88. The van der Waals surface area contributed by atoms with E-state index in [1.807, 2.05) is 19.0 Å². The summed E-state index contributed by atoms with van der Waals surface area (Å²) in [6.45, 7) is 7.08. The molecule has 2 rings (SSSR count). The van der Waals surface area contributed by atoms with Crippen molar-refractivity contribution in [1.82, 2.24) is 4.90 Å². The van der Waals surface area contributed by atoms with Gasteiger partial charge in [0.2, 0.25) is 0 Å². The van der Waals surface area contributed by atoms with Crippen LogP contribution in [0.25, 0.3) is 0 Å². The number of unbranched alkanes of at least 4 members (excludes halogenated alkanes) is 2. The van der Waals surface area contributed by atoms with Crippen molar-refractivity contribution >= 4 is 5.97 Å². The van der Waals surface area contributed by atoms with Crippen molar-refractivity contribution in [2.75, 3.05) is 27.2 Å². The molecule has 1 aromatic rings. The number of esters is 1. The number of benzene rings is 1. The lowest BCUT2D eigenvalue weighted by atomic mass is 9.77. The molecular formula is C26H41NO2. The van der Waals surface area contributed by atoms with E-state index in [4.69, 9.17) is 4.74 Å². The average molecular weight is 400 g/mol. The van der Waals surface area contributed by atoms with Crippen LogP contribution in [-0.4, -0.2) is 38.1 Å². The van der Waals surface area contributed by atoms with Gasteiger partial charge in [0.1, 0.15) is 0 Å². The first kappa shape index (κ1) is 23.7. The molecule has 0 unspecified atom stereocenters. The maximum atomic E-state index is 11.9. The van der Waals surface area contributed by atoms with Crippen molar-refractivity contribution in [3.8, 4) is 0 Å². The minimum atomic E-state index is -0.278. The molecular weight excluding hydrogens is 358 g/mol. The molecule has 1 aliphatic carbocycles. The van der Waals surface area contributed by atoms with E-state index in [0.29, 0.717) is 18.7 Å². The Balaban J connectivity index is 1.66. The molecule has 0 amide bonds. The Bertz CT molecular complexity index is 612. The first-order valence-corrected chi connectivity index (χ1v) is 11.6. The molecule has 0 spiro atoms. The van der Waals surface area contributed by atoms with Crippen LogP contribution in [0.15, 0.2) is 36.4 Å². The summed E-state index contributed by atoms with van der Waals surface area (Å²) in [5, 5.41) is 0. The van der Waals surface area contributed by atoms with Crippen molar-refractivity contribution in [3.05, 3.63) is 47.5 Å². The van der Waals surface area contributed by atoms with Gasteiger partial charge in [-0.3, -0.25) is 0 Å². The summed E-state index contributed by atoms with van der Waals surface area (Å²) < 4.78 is 5.33.